The van der Waals surface area contributed by atoms with Crippen LogP contribution in [0.1, 0.15) is 68.7 Å². The van der Waals surface area contributed by atoms with Crippen molar-refractivity contribution in [2.24, 2.45) is 0 Å². The van der Waals surface area contributed by atoms with Gasteiger partial charge in [-0.2, -0.15) is 0 Å². The Morgan fingerprint density at radius 2 is 1.97 bits per heavy atom. The Morgan fingerprint density at radius 1 is 1.21 bits per heavy atom. The zero-order valence-electron chi connectivity index (χ0n) is 17.5. The largest absolute Gasteiger partial charge is 0.342 e. The molecule has 2 aliphatic carbocycles. The number of hydrogen-bond donors (Lipinski definition) is 0. The second kappa shape index (κ2) is 9.21. The number of aryl methyl sites for hydroxylation is 2. The molecule has 0 aliphatic heterocycles. The molecule has 1 saturated carbocycles. The van der Waals surface area contributed by atoms with Crippen LogP contribution in [0.3, 0.4) is 0 Å². The third-order valence-corrected chi connectivity index (χ3v) is 8.47. The fourth-order valence-corrected chi connectivity index (χ4v) is 6.90. The van der Waals surface area contributed by atoms with Crippen molar-refractivity contribution in [1.29, 1.82) is 0 Å². The minimum absolute atomic E-state index is 0.0897. The van der Waals surface area contributed by atoms with Crippen molar-refractivity contribution in [1.82, 2.24) is 14.5 Å². The molecule has 29 heavy (non-hydrogen) atoms. The molecule has 2 aliphatic rings. The van der Waals surface area contributed by atoms with Crippen molar-refractivity contribution in [3.8, 4) is 0 Å². The van der Waals surface area contributed by atoms with E-state index in [-0.39, 0.29) is 11.5 Å². The summed E-state index contributed by atoms with van der Waals surface area (Å²) in [6.07, 6.45) is 11.2. The molecule has 0 unspecified atom stereocenters. The minimum Gasteiger partial charge on any atom is -0.342 e. The van der Waals surface area contributed by atoms with Crippen molar-refractivity contribution in [2.45, 2.75) is 88.9 Å². The summed E-state index contributed by atoms with van der Waals surface area (Å²) in [7, 11) is 1.93. The van der Waals surface area contributed by atoms with E-state index in [4.69, 9.17) is 4.98 Å². The Kier molecular flexibility index (Phi) is 6.64. The number of fused-ring (bicyclic) bond motifs is 3. The summed E-state index contributed by atoms with van der Waals surface area (Å²) in [6.45, 7) is 2.73. The molecule has 1 amide bonds. The molecule has 0 radical (unpaired) electrons. The average molecular weight is 434 g/mol. The SMILES string of the molecule is CCCn1c(SCC(=O)N(C)C2CCCCC2)nc2sc3c(c2c1=O)CCCC3. The summed E-state index contributed by atoms with van der Waals surface area (Å²) in [5.74, 6) is 0.490. The molecule has 0 N–H and O–H groups in total. The molecule has 2 aromatic rings. The van der Waals surface area contributed by atoms with E-state index >= 15 is 0 Å². The highest BCUT2D eigenvalue weighted by molar-refractivity contribution is 7.99. The van der Waals surface area contributed by atoms with E-state index in [0.717, 1.165) is 48.7 Å². The molecule has 0 atom stereocenters. The van der Waals surface area contributed by atoms with E-state index in [9.17, 15) is 9.59 Å². The van der Waals surface area contributed by atoms with Crippen molar-refractivity contribution < 1.29 is 4.79 Å². The number of thioether (sulfide) groups is 1. The normalized spacial score (nSPS) is 17.4. The van der Waals surface area contributed by atoms with E-state index in [1.165, 1.54) is 47.9 Å². The van der Waals surface area contributed by atoms with Crippen LogP contribution in [-0.4, -0.2) is 39.2 Å². The predicted molar refractivity (Wildman–Crippen MR) is 121 cm³/mol. The van der Waals surface area contributed by atoms with Crippen LogP contribution in [-0.2, 0) is 24.2 Å². The summed E-state index contributed by atoms with van der Waals surface area (Å²) < 4.78 is 1.81. The third-order valence-electron chi connectivity index (χ3n) is 6.33. The number of amides is 1. The van der Waals surface area contributed by atoms with E-state index in [1.807, 2.05) is 16.5 Å². The molecule has 5 nitrogen and oxygen atoms in total. The van der Waals surface area contributed by atoms with Gasteiger partial charge in [0.1, 0.15) is 4.83 Å². The summed E-state index contributed by atoms with van der Waals surface area (Å²) in [4.78, 5) is 35.1. The Labute approximate surface area is 180 Å². The molecule has 158 valence electrons. The lowest BCUT2D eigenvalue weighted by atomic mass is 9.94. The third kappa shape index (κ3) is 4.26. The van der Waals surface area contributed by atoms with Crippen LogP contribution in [0.25, 0.3) is 10.2 Å². The fraction of sp³-hybridized carbons (Fsp3) is 0.682. The van der Waals surface area contributed by atoms with Crippen molar-refractivity contribution in [2.75, 3.05) is 12.8 Å². The Hall–Kier alpha value is -1.34. The number of nitrogens with zero attached hydrogens (tertiary/aromatic N) is 3. The number of thiophene rings is 1. The Balaban J connectivity index is 1.58. The number of aromatic nitrogens is 2. The fourth-order valence-electron chi connectivity index (χ4n) is 4.65. The average Bonchev–Trinajstić information content (AvgIpc) is 3.13. The summed E-state index contributed by atoms with van der Waals surface area (Å²) in [5, 5.41) is 1.54. The zero-order valence-corrected chi connectivity index (χ0v) is 19.2. The van der Waals surface area contributed by atoms with Crippen LogP contribution in [0.2, 0.25) is 0 Å². The lowest BCUT2D eigenvalue weighted by Gasteiger charge is -2.31. The van der Waals surface area contributed by atoms with Gasteiger partial charge < -0.3 is 4.90 Å². The first-order chi connectivity index (χ1) is 14.1. The molecule has 2 heterocycles. The first kappa shape index (κ1) is 20.9. The van der Waals surface area contributed by atoms with E-state index in [0.29, 0.717) is 23.5 Å². The molecule has 7 heteroatoms. The van der Waals surface area contributed by atoms with Crippen LogP contribution in [0.5, 0.6) is 0 Å². The molecular formula is C22H31N3O2S2. The van der Waals surface area contributed by atoms with Crippen molar-refractivity contribution in [3.05, 3.63) is 20.8 Å². The van der Waals surface area contributed by atoms with Crippen LogP contribution in [0, 0.1) is 0 Å². The van der Waals surface area contributed by atoms with Gasteiger partial charge in [-0.05, 0) is 50.5 Å². The number of hydrogen-bond acceptors (Lipinski definition) is 5. The van der Waals surface area contributed by atoms with Gasteiger partial charge in [-0.1, -0.05) is 37.9 Å². The standard InChI is InChI=1S/C22H31N3O2S2/c1-3-13-25-21(27)19-16-11-7-8-12-17(16)29-20(19)23-22(25)28-14-18(26)24(2)15-9-5-4-6-10-15/h15H,3-14H2,1-2H3. The van der Waals surface area contributed by atoms with Gasteiger partial charge in [-0.25, -0.2) is 4.98 Å². The molecule has 4 rings (SSSR count). The monoisotopic (exact) mass is 433 g/mol. The van der Waals surface area contributed by atoms with E-state index < -0.39 is 0 Å². The highest BCUT2D eigenvalue weighted by Gasteiger charge is 2.24. The highest BCUT2D eigenvalue weighted by Crippen LogP contribution is 2.34. The topological polar surface area (TPSA) is 55.2 Å². The van der Waals surface area contributed by atoms with Gasteiger partial charge in [0.05, 0.1) is 11.1 Å². The second-order valence-corrected chi connectivity index (χ2v) is 10.4. The molecule has 0 saturated heterocycles. The lowest BCUT2D eigenvalue weighted by molar-refractivity contribution is -0.129. The van der Waals surface area contributed by atoms with Crippen LogP contribution in [0.15, 0.2) is 9.95 Å². The molecule has 0 spiro atoms. The number of rotatable bonds is 6. The molecule has 0 bridgehead atoms. The maximum atomic E-state index is 13.3. The van der Waals surface area contributed by atoms with Crippen molar-refractivity contribution >= 4 is 39.2 Å². The molecular weight excluding hydrogens is 402 g/mol. The summed E-state index contributed by atoms with van der Waals surface area (Å²) >= 11 is 3.11. The maximum Gasteiger partial charge on any atom is 0.263 e. The van der Waals surface area contributed by atoms with Crippen molar-refractivity contribution in [3.63, 3.8) is 0 Å². The van der Waals surface area contributed by atoms with Crippen LogP contribution in [0.4, 0.5) is 0 Å². The van der Waals surface area contributed by atoms with Crippen LogP contribution >= 0.6 is 23.1 Å². The predicted octanol–water partition coefficient (Wildman–Crippen LogP) is 4.63. The Morgan fingerprint density at radius 3 is 2.72 bits per heavy atom. The molecule has 1 fully saturated rings. The zero-order chi connectivity index (χ0) is 20.4. The maximum absolute atomic E-state index is 13.3. The van der Waals surface area contributed by atoms with Gasteiger partial charge in [-0.15, -0.1) is 11.3 Å². The van der Waals surface area contributed by atoms with Gasteiger partial charge in [0.15, 0.2) is 5.16 Å². The van der Waals surface area contributed by atoms with Gasteiger partial charge in [0, 0.05) is 24.5 Å². The van der Waals surface area contributed by atoms with E-state index in [2.05, 4.69) is 6.92 Å². The van der Waals surface area contributed by atoms with Crippen LogP contribution < -0.4 is 5.56 Å². The van der Waals surface area contributed by atoms with Gasteiger partial charge in [0.25, 0.3) is 5.56 Å². The highest BCUT2D eigenvalue weighted by atomic mass is 32.2. The number of carbonyl (C=O) groups excluding carboxylic acids is 1. The number of carbonyl (C=O) groups is 1. The summed E-state index contributed by atoms with van der Waals surface area (Å²) in [5.41, 5.74) is 1.33. The Bertz CT molecular complexity index is 944. The summed E-state index contributed by atoms with van der Waals surface area (Å²) in [6, 6.07) is 0.370. The van der Waals surface area contributed by atoms with Gasteiger partial charge in [0.2, 0.25) is 5.91 Å². The van der Waals surface area contributed by atoms with E-state index in [1.54, 1.807) is 11.3 Å². The first-order valence-corrected chi connectivity index (χ1v) is 12.8. The minimum atomic E-state index is 0.0897. The smallest absolute Gasteiger partial charge is 0.263 e. The van der Waals surface area contributed by atoms with Gasteiger partial charge in [-0.3, -0.25) is 14.2 Å². The second-order valence-electron chi connectivity index (χ2n) is 8.33. The quantitative estimate of drug-likeness (QED) is 0.492. The molecule has 0 aromatic carbocycles. The lowest BCUT2D eigenvalue weighted by Crippen LogP contribution is -2.39. The first-order valence-electron chi connectivity index (χ1n) is 11.0. The molecule has 2 aromatic heterocycles. The van der Waals surface area contributed by atoms with Gasteiger partial charge >= 0.3 is 0 Å².